The summed E-state index contributed by atoms with van der Waals surface area (Å²) in [7, 11) is 0. The Bertz CT molecular complexity index is 330. The molecule has 1 heterocycles. The molecule has 0 radical (unpaired) electrons. The largest absolute Gasteiger partial charge is 0.339 e. The van der Waals surface area contributed by atoms with E-state index < -0.39 is 0 Å². The summed E-state index contributed by atoms with van der Waals surface area (Å²) in [6.45, 7) is 8.26. The average Bonchev–Trinajstić information content (AvgIpc) is 2.82. The van der Waals surface area contributed by atoms with Crippen LogP contribution in [0.15, 0.2) is 4.52 Å². The maximum Gasteiger partial charge on any atom is 0.230 e. The van der Waals surface area contributed by atoms with Crippen LogP contribution in [-0.2, 0) is 5.41 Å². The molecule has 1 unspecified atom stereocenters. The van der Waals surface area contributed by atoms with Crippen molar-refractivity contribution in [2.45, 2.75) is 44.9 Å². The van der Waals surface area contributed by atoms with E-state index in [-0.39, 0.29) is 5.41 Å². The van der Waals surface area contributed by atoms with Gasteiger partial charge in [0.05, 0.1) is 0 Å². The van der Waals surface area contributed by atoms with E-state index in [2.05, 4.69) is 36.2 Å². The van der Waals surface area contributed by atoms with Crippen LogP contribution in [-0.4, -0.2) is 23.2 Å². The van der Waals surface area contributed by atoms with Gasteiger partial charge in [0.25, 0.3) is 0 Å². The molecule has 0 bridgehead atoms. The second-order valence-corrected chi connectivity index (χ2v) is 4.73. The Hall–Kier alpha value is -0.900. The average molecular weight is 209 g/mol. The Morgan fingerprint density at radius 2 is 2.27 bits per heavy atom. The summed E-state index contributed by atoms with van der Waals surface area (Å²) in [6, 6.07) is 0. The molecule has 84 valence electrons. The molecule has 1 aliphatic rings. The Balaban J connectivity index is 2.00. The third-order valence-corrected chi connectivity index (χ3v) is 3.10. The molecule has 2 rings (SSSR count). The van der Waals surface area contributed by atoms with Crippen molar-refractivity contribution < 1.29 is 4.52 Å². The van der Waals surface area contributed by atoms with Crippen LogP contribution in [0.2, 0.25) is 0 Å². The summed E-state index contributed by atoms with van der Waals surface area (Å²) in [4.78, 5) is 4.48. The Labute approximate surface area is 90.4 Å². The normalized spacial score (nSPS) is 20.2. The van der Waals surface area contributed by atoms with Crippen molar-refractivity contribution in [1.29, 1.82) is 0 Å². The van der Waals surface area contributed by atoms with Crippen molar-refractivity contribution in [1.82, 2.24) is 15.5 Å². The molecule has 0 saturated heterocycles. The highest BCUT2D eigenvalue weighted by molar-refractivity contribution is 5.14. The van der Waals surface area contributed by atoms with Crippen molar-refractivity contribution in [3.8, 4) is 0 Å². The third-order valence-electron chi connectivity index (χ3n) is 3.10. The lowest BCUT2D eigenvalue weighted by atomic mass is 10.1. The molecule has 0 amide bonds. The highest BCUT2D eigenvalue weighted by Crippen LogP contribution is 2.46. The molecule has 1 saturated carbocycles. The quantitative estimate of drug-likeness (QED) is 0.804. The van der Waals surface area contributed by atoms with Gasteiger partial charge in [0.1, 0.15) is 0 Å². The van der Waals surface area contributed by atoms with Gasteiger partial charge in [-0.25, -0.2) is 0 Å². The maximum atomic E-state index is 5.29. The van der Waals surface area contributed by atoms with Crippen LogP contribution in [0.25, 0.3) is 0 Å². The molecule has 1 aromatic heterocycles. The van der Waals surface area contributed by atoms with E-state index in [1.807, 2.05) is 0 Å². The second-order valence-electron chi connectivity index (χ2n) is 4.73. The molecule has 1 aromatic rings. The van der Waals surface area contributed by atoms with Crippen molar-refractivity contribution in [3.63, 3.8) is 0 Å². The van der Waals surface area contributed by atoms with Gasteiger partial charge in [-0.15, -0.1) is 0 Å². The van der Waals surface area contributed by atoms with Gasteiger partial charge in [-0.2, -0.15) is 4.98 Å². The first-order valence-corrected chi connectivity index (χ1v) is 5.70. The van der Waals surface area contributed by atoms with Crippen molar-refractivity contribution in [2.75, 3.05) is 13.1 Å². The minimum Gasteiger partial charge on any atom is -0.339 e. The number of rotatable bonds is 5. The molecular weight excluding hydrogens is 190 g/mol. The van der Waals surface area contributed by atoms with Gasteiger partial charge < -0.3 is 9.84 Å². The maximum absolute atomic E-state index is 5.29. The first-order valence-electron chi connectivity index (χ1n) is 5.70. The molecule has 15 heavy (non-hydrogen) atoms. The summed E-state index contributed by atoms with van der Waals surface area (Å²) in [5.41, 5.74) is 0.208. The highest BCUT2D eigenvalue weighted by Gasteiger charge is 2.43. The van der Waals surface area contributed by atoms with Gasteiger partial charge in [0.15, 0.2) is 5.82 Å². The van der Waals surface area contributed by atoms with Crippen LogP contribution in [0, 0.1) is 0 Å². The zero-order valence-electron chi connectivity index (χ0n) is 9.71. The van der Waals surface area contributed by atoms with E-state index >= 15 is 0 Å². The van der Waals surface area contributed by atoms with Crippen LogP contribution in [0.1, 0.15) is 51.2 Å². The SMILES string of the molecule is CCNCC(C)c1nc(C2(C)CC2)no1. The third kappa shape index (κ3) is 2.20. The highest BCUT2D eigenvalue weighted by atomic mass is 16.5. The number of hydrogen-bond acceptors (Lipinski definition) is 4. The molecule has 0 spiro atoms. The predicted molar refractivity (Wildman–Crippen MR) is 57.8 cm³/mol. The number of hydrogen-bond donors (Lipinski definition) is 1. The zero-order chi connectivity index (χ0) is 10.9. The Morgan fingerprint density at radius 1 is 1.53 bits per heavy atom. The van der Waals surface area contributed by atoms with Gasteiger partial charge in [0.2, 0.25) is 5.89 Å². The van der Waals surface area contributed by atoms with E-state index in [0.717, 1.165) is 24.8 Å². The Kier molecular flexibility index (Phi) is 2.78. The van der Waals surface area contributed by atoms with E-state index in [4.69, 9.17) is 4.52 Å². The zero-order valence-corrected chi connectivity index (χ0v) is 9.71. The lowest BCUT2D eigenvalue weighted by Crippen LogP contribution is -2.19. The molecular formula is C11H19N3O. The molecule has 1 aliphatic carbocycles. The fraction of sp³-hybridized carbons (Fsp3) is 0.818. The van der Waals surface area contributed by atoms with Crippen molar-refractivity contribution >= 4 is 0 Å². The van der Waals surface area contributed by atoms with E-state index in [0.29, 0.717) is 5.92 Å². The first kappa shape index (κ1) is 10.6. The first-order chi connectivity index (χ1) is 7.15. The summed E-state index contributed by atoms with van der Waals surface area (Å²) in [5, 5.41) is 7.35. The molecule has 0 aromatic carbocycles. The van der Waals surface area contributed by atoms with Crippen LogP contribution < -0.4 is 5.32 Å². The van der Waals surface area contributed by atoms with E-state index in [1.54, 1.807) is 0 Å². The molecule has 1 atom stereocenters. The topological polar surface area (TPSA) is 51.0 Å². The lowest BCUT2D eigenvalue weighted by Gasteiger charge is -2.05. The number of nitrogens with one attached hydrogen (secondary N) is 1. The number of likely N-dealkylation sites (N-methyl/N-ethyl adjacent to an activating group) is 1. The van der Waals surface area contributed by atoms with Gasteiger partial charge >= 0.3 is 0 Å². The Morgan fingerprint density at radius 3 is 2.87 bits per heavy atom. The monoisotopic (exact) mass is 209 g/mol. The van der Waals surface area contributed by atoms with Gasteiger partial charge in [-0.3, -0.25) is 0 Å². The van der Waals surface area contributed by atoms with Crippen molar-refractivity contribution in [2.24, 2.45) is 0 Å². The minimum absolute atomic E-state index is 0.208. The van der Waals surface area contributed by atoms with Crippen LogP contribution >= 0.6 is 0 Å². The van der Waals surface area contributed by atoms with Crippen LogP contribution in [0.5, 0.6) is 0 Å². The van der Waals surface area contributed by atoms with Crippen LogP contribution in [0.3, 0.4) is 0 Å². The standard InChI is InChI=1S/C11H19N3O/c1-4-12-7-8(2)9-13-10(14-15-9)11(3)5-6-11/h8,12H,4-7H2,1-3H3. The molecule has 0 aliphatic heterocycles. The predicted octanol–water partition coefficient (Wildman–Crippen LogP) is 1.83. The van der Waals surface area contributed by atoms with Gasteiger partial charge in [-0.1, -0.05) is 25.9 Å². The van der Waals surface area contributed by atoms with Gasteiger partial charge in [-0.05, 0) is 19.4 Å². The summed E-state index contributed by atoms with van der Waals surface area (Å²) in [5.74, 6) is 1.95. The number of nitrogens with zero attached hydrogens (tertiary/aromatic N) is 2. The van der Waals surface area contributed by atoms with Gasteiger partial charge in [0, 0.05) is 17.9 Å². The fourth-order valence-electron chi connectivity index (χ4n) is 1.54. The molecule has 1 fully saturated rings. The molecule has 4 heteroatoms. The lowest BCUT2D eigenvalue weighted by molar-refractivity contribution is 0.349. The fourth-order valence-corrected chi connectivity index (χ4v) is 1.54. The second kappa shape index (κ2) is 3.93. The van der Waals surface area contributed by atoms with Crippen molar-refractivity contribution in [3.05, 3.63) is 11.7 Å². The van der Waals surface area contributed by atoms with E-state index in [1.165, 1.54) is 12.8 Å². The summed E-state index contributed by atoms with van der Waals surface area (Å²) in [6.07, 6.45) is 2.38. The summed E-state index contributed by atoms with van der Waals surface area (Å²) < 4.78 is 5.29. The molecule has 1 N–H and O–H groups in total. The smallest absolute Gasteiger partial charge is 0.230 e. The summed E-state index contributed by atoms with van der Waals surface area (Å²) >= 11 is 0. The van der Waals surface area contributed by atoms with Crippen LogP contribution in [0.4, 0.5) is 0 Å². The van der Waals surface area contributed by atoms with E-state index in [9.17, 15) is 0 Å². The molecule has 4 nitrogen and oxygen atoms in total. The minimum atomic E-state index is 0.208. The number of aromatic nitrogens is 2.